The molecular weight excluding hydrogens is 424 g/mol. The molecule has 0 radical (unpaired) electrons. The number of rotatable bonds is 1. The Hall–Kier alpha value is -3.15. The van der Waals surface area contributed by atoms with Gasteiger partial charge in [0.25, 0.3) is 5.91 Å². The molecule has 0 saturated carbocycles. The summed E-state index contributed by atoms with van der Waals surface area (Å²) in [5, 5.41) is 3.63. The van der Waals surface area contributed by atoms with Crippen LogP contribution in [0.1, 0.15) is 22.6 Å². The Labute approximate surface area is 190 Å². The number of carbonyl (C=O) groups excluding carboxylic acids is 2. The van der Waals surface area contributed by atoms with Gasteiger partial charge in [-0.2, -0.15) is 0 Å². The minimum Gasteiger partial charge on any atom is -0.426 e. The van der Waals surface area contributed by atoms with Crippen molar-refractivity contribution in [3.8, 4) is 5.75 Å². The maximum atomic E-state index is 14.1. The summed E-state index contributed by atoms with van der Waals surface area (Å²) in [5.74, 6) is -0.374. The molecule has 1 saturated heterocycles. The van der Waals surface area contributed by atoms with E-state index in [1.54, 1.807) is 6.07 Å². The lowest BCUT2D eigenvalue weighted by molar-refractivity contribution is -0.160. The van der Waals surface area contributed by atoms with Crippen molar-refractivity contribution in [3.63, 3.8) is 0 Å². The number of likely N-dealkylation sites (tertiary alicyclic amines) is 1. The van der Waals surface area contributed by atoms with Crippen molar-refractivity contribution in [1.29, 1.82) is 0 Å². The second-order valence-corrected chi connectivity index (χ2v) is 9.22. The van der Waals surface area contributed by atoms with E-state index in [4.69, 9.17) is 16.3 Å². The Morgan fingerprint density at radius 2 is 1.72 bits per heavy atom. The molecule has 1 fully saturated rings. The lowest BCUT2D eigenvalue weighted by atomic mass is 9.57. The van der Waals surface area contributed by atoms with E-state index < -0.39 is 16.9 Å². The molecule has 3 atom stereocenters. The first-order valence-electron chi connectivity index (χ1n) is 10.7. The summed E-state index contributed by atoms with van der Waals surface area (Å²) in [6.45, 7) is 0.489. The molecule has 160 valence electrons. The van der Waals surface area contributed by atoms with Gasteiger partial charge in [0.15, 0.2) is 0 Å². The van der Waals surface area contributed by atoms with Crippen molar-refractivity contribution in [1.82, 2.24) is 4.90 Å². The van der Waals surface area contributed by atoms with Crippen LogP contribution in [0.5, 0.6) is 5.75 Å². The van der Waals surface area contributed by atoms with Gasteiger partial charge in [-0.1, -0.05) is 66.2 Å². The van der Waals surface area contributed by atoms with Gasteiger partial charge in [0.05, 0.1) is 0 Å². The first-order chi connectivity index (χ1) is 15.5. The number of para-hydroxylation sites is 2. The van der Waals surface area contributed by atoms with Crippen molar-refractivity contribution in [2.45, 2.75) is 17.9 Å². The second-order valence-electron chi connectivity index (χ2n) is 8.81. The standard InChI is InChI=1S/C26H21ClN2O3/c1-29-15-19(17-9-3-5-11-20(17)27)25(14-16-8-2-7-13-22(16)32-24(25)31)26(29)18-10-4-6-12-21(18)28-23(26)30/h2-13,19H,14-15H2,1H3,(H,28,30)/t19-,25+,26+/m0/s1. The molecule has 1 amide bonds. The fourth-order valence-electron chi connectivity index (χ4n) is 6.20. The van der Waals surface area contributed by atoms with Crippen LogP contribution in [0.25, 0.3) is 0 Å². The van der Waals surface area contributed by atoms with Crippen LogP contribution >= 0.6 is 11.6 Å². The molecule has 0 bridgehead atoms. The fourth-order valence-corrected chi connectivity index (χ4v) is 6.47. The molecule has 2 spiro atoms. The number of carbonyl (C=O) groups is 2. The quantitative estimate of drug-likeness (QED) is 0.447. The van der Waals surface area contributed by atoms with E-state index in [1.807, 2.05) is 78.7 Å². The lowest BCUT2D eigenvalue weighted by Gasteiger charge is -2.47. The highest BCUT2D eigenvalue weighted by molar-refractivity contribution is 6.31. The van der Waals surface area contributed by atoms with Crippen LogP contribution in [-0.2, 0) is 21.5 Å². The van der Waals surface area contributed by atoms with Crippen LogP contribution < -0.4 is 10.1 Å². The maximum Gasteiger partial charge on any atom is 0.321 e. The van der Waals surface area contributed by atoms with Gasteiger partial charge < -0.3 is 10.1 Å². The summed E-state index contributed by atoms with van der Waals surface area (Å²) in [7, 11) is 1.91. The second kappa shape index (κ2) is 6.67. The van der Waals surface area contributed by atoms with E-state index in [0.717, 1.165) is 22.4 Å². The summed E-state index contributed by atoms with van der Waals surface area (Å²) < 4.78 is 5.97. The number of nitrogens with one attached hydrogen (secondary N) is 1. The summed E-state index contributed by atoms with van der Waals surface area (Å²) in [6.07, 6.45) is 0.379. The SMILES string of the molecule is CN1C[C@@H](c2ccccc2Cl)[C@@]2(Cc3ccccc3OC2=O)[C@@]12C(=O)Nc1ccccc12. The maximum absolute atomic E-state index is 14.1. The van der Waals surface area contributed by atoms with Crippen LogP contribution in [0.3, 0.4) is 0 Å². The van der Waals surface area contributed by atoms with Crippen LogP contribution in [-0.4, -0.2) is 30.4 Å². The predicted octanol–water partition coefficient (Wildman–Crippen LogP) is 4.36. The average molecular weight is 445 g/mol. The van der Waals surface area contributed by atoms with E-state index in [9.17, 15) is 9.59 Å². The zero-order chi connectivity index (χ0) is 22.1. The van der Waals surface area contributed by atoms with E-state index in [1.165, 1.54) is 0 Å². The highest BCUT2D eigenvalue weighted by Gasteiger charge is 2.75. The van der Waals surface area contributed by atoms with Crippen molar-refractivity contribution in [2.24, 2.45) is 5.41 Å². The van der Waals surface area contributed by atoms with Gasteiger partial charge in [-0.3, -0.25) is 14.5 Å². The molecule has 0 aromatic heterocycles. The fraction of sp³-hybridized carbons (Fsp3) is 0.231. The number of fused-ring (bicyclic) bond motifs is 4. The van der Waals surface area contributed by atoms with E-state index >= 15 is 0 Å². The summed E-state index contributed by atoms with van der Waals surface area (Å²) in [6, 6.07) is 22.8. The van der Waals surface area contributed by atoms with Crippen LogP contribution in [0, 0.1) is 5.41 Å². The van der Waals surface area contributed by atoms with Crippen LogP contribution in [0.4, 0.5) is 5.69 Å². The highest BCUT2D eigenvalue weighted by atomic mass is 35.5. The Morgan fingerprint density at radius 3 is 2.56 bits per heavy atom. The third-order valence-electron chi connectivity index (χ3n) is 7.45. The van der Waals surface area contributed by atoms with E-state index in [2.05, 4.69) is 5.32 Å². The topological polar surface area (TPSA) is 58.6 Å². The lowest BCUT2D eigenvalue weighted by Crippen LogP contribution is -2.61. The molecule has 0 aliphatic carbocycles. The molecule has 3 aromatic carbocycles. The average Bonchev–Trinajstić information content (AvgIpc) is 3.23. The molecule has 0 unspecified atom stereocenters. The minimum absolute atomic E-state index is 0.202. The summed E-state index contributed by atoms with van der Waals surface area (Å²) >= 11 is 6.66. The monoisotopic (exact) mass is 444 g/mol. The number of nitrogens with zero attached hydrogens (tertiary/aromatic N) is 1. The van der Waals surface area contributed by atoms with Gasteiger partial charge in [-0.05, 0) is 42.8 Å². The van der Waals surface area contributed by atoms with Gasteiger partial charge in [0.1, 0.15) is 16.7 Å². The number of anilines is 1. The number of hydrogen-bond donors (Lipinski definition) is 1. The third-order valence-corrected chi connectivity index (χ3v) is 7.80. The molecule has 5 nitrogen and oxygen atoms in total. The zero-order valence-corrected chi connectivity index (χ0v) is 18.2. The first kappa shape index (κ1) is 19.5. The van der Waals surface area contributed by atoms with E-state index in [0.29, 0.717) is 23.7 Å². The number of ether oxygens (including phenoxy) is 1. The van der Waals surface area contributed by atoms with Crippen molar-refractivity contribution >= 4 is 29.2 Å². The Kier molecular flexibility index (Phi) is 4.07. The summed E-state index contributed by atoms with van der Waals surface area (Å²) in [5.41, 5.74) is 0.909. The molecule has 6 rings (SSSR count). The molecule has 32 heavy (non-hydrogen) atoms. The Bertz CT molecular complexity index is 1290. The van der Waals surface area contributed by atoms with Crippen molar-refractivity contribution < 1.29 is 14.3 Å². The predicted molar refractivity (Wildman–Crippen MR) is 122 cm³/mol. The van der Waals surface area contributed by atoms with Gasteiger partial charge in [-0.15, -0.1) is 0 Å². The molecular formula is C26H21ClN2O3. The molecule has 3 aromatic rings. The Morgan fingerprint density at radius 1 is 1.00 bits per heavy atom. The van der Waals surface area contributed by atoms with Gasteiger partial charge in [-0.25, -0.2) is 0 Å². The molecule has 3 aliphatic heterocycles. The molecule has 6 heteroatoms. The number of benzene rings is 3. The zero-order valence-electron chi connectivity index (χ0n) is 17.5. The van der Waals surface area contributed by atoms with E-state index in [-0.39, 0.29) is 11.8 Å². The minimum atomic E-state index is -1.21. The summed E-state index contributed by atoms with van der Waals surface area (Å²) in [4.78, 5) is 29.9. The van der Waals surface area contributed by atoms with Gasteiger partial charge in [0, 0.05) is 28.7 Å². The third kappa shape index (κ3) is 2.22. The van der Waals surface area contributed by atoms with Gasteiger partial charge >= 0.3 is 5.97 Å². The van der Waals surface area contributed by atoms with Crippen molar-refractivity contribution in [3.05, 3.63) is 94.5 Å². The smallest absolute Gasteiger partial charge is 0.321 e. The Balaban J connectivity index is 1.69. The molecule has 3 aliphatic rings. The largest absolute Gasteiger partial charge is 0.426 e. The highest BCUT2D eigenvalue weighted by Crippen LogP contribution is 2.65. The van der Waals surface area contributed by atoms with Crippen LogP contribution in [0.15, 0.2) is 72.8 Å². The molecule has 3 heterocycles. The normalized spacial score (nSPS) is 28.5. The number of likely N-dealkylation sites (N-methyl/N-ethyl adjacent to an activating group) is 1. The number of halogens is 1. The van der Waals surface area contributed by atoms with Crippen molar-refractivity contribution in [2.75, 3.05) is 18.9 Å². The number of amides is 1. The number of esters is 1. The van der Waals surface area contributed by atoms with Gasteiger partial charge in [0.2, 0.25) is 0 Å². The first-order valence-corrected chi connectivity index (χ1v) is 11.0. The number of hydrogen-bond acceptors (Lipinski definition) is 4. The molecule has 1 N–H and O–H groups in total. The van der Waals surface area contributed by atoms with Crippen LogP contribution in [0.2, 0.25) is 5.02 Å².